The van der Waals surface area contributed by atoms with E-state index in [2.05, 4.69) is 5.32 Å². The minimum absolute atomic E-state index is 0.0908. The van der Waals surface area contributed by atoms with Crippen LogP contribution in [-0.4, -0.2) is 44.7 Å². The number of halogens is 3. The molecule has 1 N–H and O–H groups in total. The van der Waals surface area contributed by atoms with Gasteiger partial charge in [-0.15, -0.1) is 0 Å². The van der Waals surface area contributed by atoms with Crippen molar-refractivity contribution in [2.75, 3.05) is 33.9 Å². The summed E-state index contributed by atoms with van der Waals surface area (Å²) in [6, 6.07) is 21.9. The molecule has 1 amide bonds. The van der Waals surface area contributed by atoms with E-state index in [1.54, 1.807) is 20.3 Å². The highest BCUT2D eigenvalue weighted by Gasteiger charge is 2.30. The molecule has 4 aromatic carbocycles. The quantitative estimate of drug-likeness (QED) is 0.250. The van der Waals surface area contributed by atoms with Crippen molar-refractivity contribution in [3.05, 3.63) is 95.6 Å². The van der Waals surface area contributed by atoms with Gasteiger partial charge in [0.15, 0.2) is 0 Å². The molecule has 1 saturated heterocycles. The van der Waals surface area contributed by atoms with E-state index in [0.29, 0.717) is 41.6 Å². The summed E-state index contributed by atoms with van der Waals surface area (Å²) in [5, 5.41) is 4.99. The van der Waals surface area contributed by atoms with Crippen LogP contribution in [0.2, 0.25) is 0 Å². The predicted molar refractivity (Wildman–Crippen MR) is 150 cm³/mol. The predicted octanol–water partition coefficient (Wildman–Crippen LogP) is 6.79. The number of hydrogen-bond acceptors (Lipinski definition) is 4. The first-order chi connectivity index (χ1) is 19.3. The van der Waals surface area contributed by atoms with E-state index in [1.165, 1.54) is 12.1 Å². The fourth-order valence-corrected chi connectivity index (χ4v) is 5.02. The van der Waals surface area contributed by atoms with Crippen molar-refractivity contribution in [2.24, 2.45) is 5.92 Å². The van der Waals surface area contributed by atoms with Gasteiger partial charge in [0.2, 0.25) is 0 Å². The minimum Gasteiger partial charge on any atom is -0.497 e. The molecule has 0 aromatic heterocycles. The normalized spacial score (nSPS) is 13.6. The van der Waals surface area contributed by atoms with Crippen LogP contribution in [0.15, 0.2) is 78.9 Å². The summed E-state index contributed by atoms with van der Waals surface area (Å²) in [6.07, 6.45) is -3.49. The second-order valence-corrected chi connectivity index (χ2v) is 10.0. The number of methoxy groups -OCH3 is 2. The molecule has 5 nitrogen and oxygen atoms in total. The summed E-state index contributed by atoms with van der Waals surface area (Å²) < 4.78 is 50.0. The van der Waals surface area contributed by atoms with Crippen LogP contribution in [0.25, 0.3) is 21.9 Å². The van der Waals surface area contributed by atoms with E-state index in [-0.39, 0.29) is 5.91 Å². The second kappa shape index (κ2) is 11.6. The summed E-state index contributed by atoms with van der Waals surface area (Å²) in [6.45, 7) is 2.90. The Hall–Kier alpha value is -4.04. The Morgan fingerprint density at radius 3 is 2.38 bits per heavy atom. The van der Waals surface area contributed by atoms with Crippen LogP contribution in [0.1, 0.15) is 27.9 Å². The van der Waals surface area contributed by atoms with Gasteiger partial charge in [-0.1, -0.05) is 36.4 Å². The van der Waals surface area contributed by atoms with E-state index in [1.807, 2.05) is 53.4 Å². The van der Waals surface area contributed by atoms with E-state index in [9.17, 15) is 18.0 Å². The van der Waals surface area contributed by atoms with Crippen LogP contribution in [0.5, 0.6) is 11.5 Å². The number of nitrogens with zero attached hydrogens (tertiary/aromatic N) is 1. The van der Waals surface area contributed by atoms with Crippen molar-refractivity contribution in [3.63, 3.8) is 0 Å². The highest BCUT2D eigenvalue weighted by Crippen LogP contribution is 2.34. The van der Waals surface area contributed by atoms with E-state index >= 15 is 0 Å². The van der Waals surface area contributed by atoms with Gasteiger partial charge in [0.05, 0.1) is 19.8 Å². The van der Waals surface area contributed by atoms with Gasteiger partial charge in [0, 0.05) is 30.3 Å². The number of ether oxygens (including phenoxy) is 2. The molecular weight excluding hydrogens is 517 g/mol. The molecule has 8 heteroatoms. The maximum Gasteiger partial charge on any atom is 0.416 e. The van der Waals surface area contributed by atoms with Crippen molar-refractivity contribution in [3.8, 4) is 22.6 Å². The Kier molecular flexibility index (Phi) is 7.98. The van der Waals surface area contributed by atoms with Crippen LogP contribution in [0, 0.1) is 5.92 Å². The molecule has 1 aliphatic rings. The molecule has 1 aliphatic heterocycles. The maximum atomic E-state index is 13.9. The highest BCUT2D eigenvalue weighted by molar-refractivity contribution is 6.02. The van der Waals surface area contributed by atoms with E-state index < -0.39 is 11.7 Å². The van der Waals surface area contributed by atoms with E-state index in [0.717, 1.165) is 53.5 Å². The van der Waals surface area contributed by atoms with Crippen molar-refractivity contribution in [1.29, 1.82) is 0 Å². The van der Waals surface area contributed by atoms with Gasteiger partial charge in [0.1, 0.15) is 11.5 Å². The third kappa shape index (κ3) is 5.92. The third-order valence-electron chi connectivity index (χ3n) is 7.47. The number of benzene rings is 4. The summed E-state index contributed by atoms with van der Waals surface area (Å²) in [4.78, 5) is 15.7. The molecule has 5 rings (SSSR count). The lowest BCUT2D eigenvalue weighted by molar-refractivity contribution is -0.137. The molecule has 0 unspecified atom stereocenters. The molecule has 0 bridgehead atoms. The number of amides is 1. The molecule has 0 atom stereocenters. The standard InChI is InChI=1S/C32H31F3N2O3/c1-39-27-12-8-25(30(17-27)40-2)20-37(15-14-21-18-36-19-21)31(38)24-9-13-29-23(16-24)4-3-5-28(29)22-6-10-26(11-7-22)32(33,34)35/h3-13,16-17,21,36H,14-15,18-20H2,1-2H3. The molecule has 1 heterocycles. The van der Waals surface area contributed by atoms with Gasteiger partial charge < -0.3 is 19.7 Å². The minimum atomic E-state index is -4.39. The zero-order chi connectivity index (χ0) is 28.3. The first-order valence-corrected chi connectivity index (χ1v) is 13.2. The van der Waals surface area contributed by atoms with Gasteiger partial charge in [-0.05, 0) is 83.7 Å². The fourth-order valence-electron chi connectivity index (χ4n) is 5.02. The van der Waals surface area contributed by atoms with Crippen LogP contribution in [0.4, 0.5) is 13.2 Å². The first-order valence-electron chi connectivity index (χ1n) is 13.2. The third-order valence-corrected chi connectivity index (χ3v) is 7.47. The average Bonchev–Trinajstić information content (AvgIpc) is 2.94. The van der Waals surface area contributed by atoms with Gasteiger partial charge >= 0.3 is 6.18 Å². The lowest BCUT2D eigenvalue weighted by Gasteiger charge is -2.31. The van der Waals surface area contributed by atoms with Gasteiger partial charge in [0.25, 0.3) is 5.91 Å². The number of hydrogen-bond donors (Lipinski definition) is 1. The number of carbonyl (C=O) groups excluding carboxylic acids is 1. The lowest BCUT2D eigenvalue weighted by atomic mass is 9.95. The first kappa shape index (κ1) is 27.5. The lowest BCUT2D eigenvalue weighted by Crippen LogP contribution is -2.44. The topological polar surface area (TPSA) is 50.8 Å². The average molecular weight is 549 g/mol. The number of alkyl halides is 3. The van der Waals surface area contributed by atoms with Crippen molar-refractivity contribution >= 4 is 16.7 Å². The summed E-state index contributed by atoms with van der Waals surface area (Å²) >= 11 is 0. The van der Waals surface area contributed by atoms with Crippen molar-refractivity contribution in [2.45, 2.75) is 19.1 Å². The monoisotopic (exact) mass is 548 g/mol. The fraction of sp³-hybridized carbons (Fsp3) is 0.281. The number of nitrogens with one attached hydrogen (secondary N) is 1. The van der Waals surface area contributed by atoms with Crippen molar-refractivity contribution < 1.29 is 27.4 Å². The van der Waals surface area contributed by atoms with Crippen molar-refractivity contribution in [1.82, 2.24) is 10.2 Å². The number of carbonyl (C=O) groups is 1. The zero-order valence-corrected chi connectivity index (χ0v) is 22.4. The Balaban J connectivity index is 1.44. The summed E-state index contributed by atoms with van der Waals surface area (Å²) in [5.74, 6) is 1.78. The van der Waals surface area contributed by atoms with Crippen LogP contribution in [0.3, 0.4) is 0 Å². The Labute approximate surface area is 231 Å². The Morgan fingerprint density at radius 1 is 0.950 bits per heavy atom. The Morgan fingerprint density at radius 2 is 1.73 bits per heavy atom. The molecule has 0 saturated carbocycles. The number of fused-ring (bicyclic) bond motifs is 1. The van der Waals surface area contributed by atoms with Gasteiger partial charge in [-0.25, -0.2) is 0 Å². The summed E-state index contributed by atoms with van der Waals surface area (Å²) in [5.41, 5.74) is 2.24. The van der Waals surface area contributed by atoms with Gasteiger partial charge in [-0.3, -0.25) is 4.79 Å². The molecule has 0 aliphatic carbocycles. The molecule has 0 spiro atoms. The van der Waals surface area contributed by atoms with Crippen LogP contribution >= 0.6 is 0 Å². The summed E-state index contributed by atoms with van der Waals surface area (Å²) in [7, 11) is 3.20. The smallest absolute Gasteiger partial charge is 0.416 e. The maximum absolute atomic E-state index is 13.9. The molecule has 1 fully saturated rings. The molecule has 208 valence electrons. The van der Waals surface area contributed by atoms with Crippen LogP contribution < -0.4 is 14.8 Å². The largest absolute Gasteiger partial charge is 0.497 e. The molecule has 40 heavy (non-hydrogen) atoms. The Bertz CT molecular complexity index is 1500. The van der Waals surface area contributed by atoms with Crippen LogP contribution in [-0.2, 0) is 12.7 Å². The zero-order valence-electron chi connectivity index (χ0n) is 22.4. The number of rotatable bonds is 9. The van der Waals surface area contributed by atoms with Gasteiger partial charge in [-0.2, -0.15) is 13.2 Å². The molecular formula is C32H31F3N2O3. The van der Waals surface area contributed by atoms with E-state index in [4.69, 9.17) is 9.47 Å². The highest BCUT2D eigenvalue weighted by atomic mass is 19.4. The molecule has 4 aromatic rings. The second-order valence-electron chi connectivity index (χ2n) is 10.0. The SMILES string of the molecule is COc1ccc(CN(CCC2CNC2)C(=O)c2ccc3c(-c4ccc(C(F)(F)F)cc4)cccc3c2)c(OC)c1. The molecule has 0 radical (unpaired) electrons.